The summed E-state index contributed by atoms with van der Waals surface area (Å²) in [6, 6.07) is 5.73. The Morgan fingerprint density at radius 2 is 1.94 bits per heavy atom. The van der Waals surface area contributed by atoms with Gasteiger partial charge in [-0.2, -0.15) is 0 Å². The number of hydrogen-bond acceptors (Lipinski definition) is 2. The van der Waals surface area contributed by atoms with Crippen molar-refractivity contribution in [3.63, 3.8) is 0 Å². The number of carbonyl (C=O) groups is 2. The van der Waals surface area contributed by atoms with E-state index in [1.807, 2.05) is 6.92 Å². The highest BCUT2D eigenvalue weighted by Crippen LogP contribution is 2.12. The summed E-state index contributed by atoms with van der Waals surface area (Å²) < 4.78 is 13.2. The van der Waals surface area contributed by atoms with E-state index in [4.69, 9.17) is 0 Å². The third kappa shape index (κ3) is 2.99. The molecule has 0 bridgehead atoms. The first kappa shape index (κ1) is 12.6. The first-order chi connectivity index (χ1) is 7.56. The van der Waals surface area contributed by atoms with Gasteiger partial charge in [-0.3, -0.25) is 9.59 Å². The van der Waals surface area contributed by atoms with Crippen molar-refractivity contribution in [3.05, 3.63) is 35.6 Å². The van der Waals surface area contributed by atoms with Gasteiger partial charge in [-0.15, -0.1) is 0 Å². The number of hydrogen-bond donors (Lipinski definition) is 0. The van der Waals surface area contributed by atoms with Crippen LogP contribution in [0.15, 0.2) is 24.3 Å². The van der Waals surface area contributed by atoms with Crippen molar-refractivity contribution in [2.75, 3.05) is 0 Å². The third-order valence-electron chi connectivity index (χ3n) is 2.67. The normalized spacial score (nSPS) is 12.2. The van der Waals surface area contributed by atoms with E-state index in [0.29, 0.717) is 6.42 Å². The molecule has 16 heavy (non-hydrogen) atoms. The van der Waals surface area contributed by atoms with Crippen LogP contribution in [0, 0.1) is 11.7 Å². The van der Waals surface area contributed by atoms with E-state index in [2.05, 4.69) is 0 Å². The predicted octanol–water partition coefficient (Wildman–Crippen LogP) is 3.01. The van der Waals surface area contributed by atoms with E-state index in [0.717, 1.165) is 0 Å². The minimum atomic E-state index is -0.565. The van der Waals surface area contributed by atoms with Gasteiger partial charge in [0.2, 0.25) is 0 Å². The fourth-order valence-electron chi connectivity index (χ4n) is 1.34. The zero-order valence-electron chi connectivity index (χ0n) is 9.50. The maximum absolute atomic E-state index is 13.2. The van der Waals surface area contributed by atoms with Crippen LogP contribution in [-0.2, 0) is 4.79 Å². The average molecular weight is 222 g/mol. The van der Waals surface area contributed by atoms with Crippen molar-refractivity contribution < 1.29 is 14.0 Å². The number of carbonyl (C=O) groups excluding carboxylic acids is 2. The second kappa shape index (κ2) is 5.54. The number of halogens is 1. The first-order valence-corrected chi connectivity index (χ1v) is 5.36. The van der Waals surface area contributed by atoms with E-state index in [1.165, 1.54) is 18.2 Å². The van der Waals surface area contributed by atoms with Crippen molar-refractivity contribution in [1.29, 1.82) is 0 Å². The molecule has 1 atom stereocenters. The zero-order valence-corrected chi connectivity index (χ0v) is 9.50. The molecule has 0 saturated heterocycles. The summed E-state index contributed by atoms with van der Waals surface area (Å²) in [7, 11) is 0. The standard InChI is InChI=1S/C13H15FO2/c1-3-9(2)12(15)8-13(16)10-6-4-5-7-11(10)14/h4-7,9H,3,8H2,1-2H3. The molecule has 0 aromatic heterocycles. The molecule has 1 aromatic carbocycles. The van der Waals surface area contributed by atoms with Crippen molar-refractivity contribution in [2.45, 2.75) is 26.7 Å². The Morgan fingerprint density at radius 1 is 1.31 bits per heavy atom. The topological polar surface area (TPSA) is 34.1 Å². The maximum atomic E-state index is 13.2. The van der Waals surface area contributed by atoms with Crippen molar-refractivity contribution >= 4 is 11.6 Å². The third-order valence-corrected chi connectivity index (χ3v) is 2.67. The number of Topliss-reactive ketones (excluding diaryl/α,β-unsaturated/α-hetero) is 2. The van der Waals surface area contributed by atoms with Crippen LogP contribution in [-0.4, -0.2) is 11.6 Å². The summed E-state index contributed by atoms with van der Waals surface area (Å²) in [6.07, 6.45) is 0.485. The maximum Gasteiger partial charge on any atom is 0.173 e. The van der Waals surface area contributed by atoms with Crippen LogP contribution in [0.5, 0.6) is 0 Å². The summed E-state index contributed by atoms with van der Waals surface area (Å²) in [5.74, 6) is -1.28. The lowest BCUT2D eigenvalue weighted by molar-refractivity contribution is -0.121. The van der Waals surface area contributed by atoms with Crippen LogP contribution < -0.4 is 0 Å². The van der Waals surface area contributed by atoms with E-state index >= 15 is 0 Å². The van der Waals surface area contributed by atoms with Gasteiger partial charge in [0.25, 0.3) is 0 Å². The van der Waals surface area contributed by atoms with Crippen LogP contribution in [0.25, 0.3) is 0 Å². The molecule has 0 saturated carbocycles. The van der Waals surface area contributed by atoms with Gasteiger partial charge < -0.3 is 0 Å². The Morgan fingerprint density at radius 3 is 2.50 bits per heavy atom. The minimum absolute atomic E-state index is 0.000784. The zero-order chi connectivity index (χ0) is 12.1. The van der Waals surface area contributed by atoms with Crippen LogP contribution in [0.2, 0.25) is 0 Å². The van der Waals surface area contributed by atoms with Gasteiger partial charge in [-0.05, 0) is 18.6 Å². The van der Waals surface area contributed by atoms with Gasteiger partial charge in [0.1, 0.15) is 11.6 Å². The SMILES string of the molecule is CCC(C)C(=O)CC(=O)c1ccccc1F. The molecule has 0 radical (unpaired) electrons. The Hall–Kier alpha value is -1.51. The molecule has 1 rings (SSSR count). The van der Waals surface area contributed by atoms with Gasteiger partial charge in [0, 0.05) is 5.92 Å². The molecule has 86 valence electrons. The van der Waals surface area contributed by atoms with Crippen LogP contribution in [0.3, 0.4) is 0 Å². The molecule has 0 aliphatic heterocycles. The number of ketones is 2. The molecular weight excluding hydrogens is 207 g/mol. The van der Waals surface area contributed by atoms with E-state index < -0.39 is 11.6 Å². The minimum Gasteiger partial charge on any atom is -0.299 e. The van der Waals surface area contributed by atoms with Crippen molar-refractivity contribution in [1.82, 2.24) is 0 Å². The second-order valence-electron chi connectivity index (χ2n) is 3.86. The van der Waals surface area contributed by atoms with Gasteiger partial charge in [0.05, 0.1) is 12.0 Å². The lowest BCUT2D eigenvalue weighted by Gasteiger charge is -2.06. The monoisotopic (exact) mass is 222 g/mol. The molecular formula is C13H15FO2. The van der Waals surface area contributed by atoms with Gasteiger partial charge in [0.15, 0.2) is 5.78 Å². The van der Waals surface area contributed by atoms with Crippen molar-refractivity contribution in [2.24, 2.45) is 5.92 Å². The van der Waals surface area contributed by atoms with Gasteiger partial charge in [-0.1, -0.05) is 26.0 Å². The van der Waals surface area contributed by atoms with Gasteiger partial charge >= 0.3 is 0 Å². The molecule has 2 nitrogen and oxygen atoms in total. The average Bonchev–Trinajstić information content (AvgIpc) is 2.28. The fraction of sp³-hybridized carbons (Fsp3) is 0.385. The van der Waals surface area contributed by atoms with Gasteiger partial charge in [-0.25, -0.2) is 4.39 Å². The summed E-state index contributed by atoms with van der Waals surface area (Å²) in [6.45, 7) is 3.66. The number of rotatable bonds is 5. The highest BCUT2D eigenvalue weighted by Gasteiger charge is 2.18. The highest BCUT2D eigenvalue weighted by atomic mass is 19.1. The Bertz CT molecular complexity index is 399. The highest BCUT2D eigenvalue weighted by molar-refractivity contribution is 6.08. The Balaban J connectivity index is 2.74. The smallest absolute Gasteiger partial charge is 0.173 e. The lowest BCUT2D eigenvalue weighted by Crippen LogP contribution is -2.15. The molecule has 3 heteroatoms. The van der Waals surface area contributed by atoms with E-state index in [1.54, 1.807) is 13.0 Å². The number of benzene rings is 1. The second-order valence-corrected chi connectivity index (χ2v) is 3.86. The molecule has 0 spiro atoms. The summed E-state index contributed by atoms with van der Waals surface area (Å²) in [5.41, 5.74) is -0.000784. The Kier molecular flexibility index (Phi) is 4.35. The molecule has 1 unspecified atom stereocenters. The molecule has 0 fully saturated rings. The molecule has 0 amide bonds. The quantitative estimate of drug-likeness (QED) is 0.567. The summed E-state index contributed by atoms with van der Waals surface area (Å²) in [4.78, 5) is 23.2. The van der Waals surface area contributed by atoms with E-state index in [9.17, 15) is 14.0 Å². The predicted molar refractivity (Wildman–Crippen MR) is 59.8 cm³/mol. The lowest BCUT2D eigenvalue weighted by atomic mass is 9.96. The molecule has 0 N–H and O–H groups in total. The summed E-state index contributed by atoms with van der Waals surface area (Å²) >= 11 is 0. The molecule has 0 aliphatic rings. The largest absolute Gasteiger partial charge is 0.299 e. The van der Waals surface area contributed by atoms with Crippen LogP contribution >= 0.6 is 0 Å². The molecule has 0 aliphatic carbocycles. The van der Waals surface area contributed by atoms with E-state index in [-0.39, 0.29) is 23.7 Å². The fourth-order valence-corrected chi connectivity index (χ4v) is 1.34. The van der Waals surface area contributed by atoms with Crippen LogP contribution in [0.4, 0.5) is 4.39 Å². The van der Waals surface area contributed by atoms with Crippen molar-refractivity contribution in [3.8, 4) is 0 Å². The molecule has 0 heterocycles. The van der Waals surface area contributed by atoms with Crippen LogP contribution in [0.1, 0.15) is 37.0 Å². The Labute approximate surface area is 94.5 Å². The summed E-state index contributed by atoms with van der Waals surface area (Å²) in [5, 5.41) is 0. The first-order valence-electron chi connectivity index (χ1n) is 5.36. The molecule has 1 aromatic rings.